The molecule has 1 aromatic carbocycles. The van der Waals surface area contributed by atoms with E-state index < -0.39 is 15.2 Å². The van der Waals surface area contributed by atoms with Crippen molar-refractivity contribution in [3.63, 3.8) is 0 Å². The van der Waals surface area contributed by atoms with E-state index in [9.17, 15) is 3.80 Å². The second-order valence-corrected chi connectivity index (χ2v) is 9.67. The number of benzene rings is 1. The van der Waals surface area contributed by atoms with Crippen LogP contribution >= 0.6 is 0 Å². The van der Waals surface area contributed by atoms with E-state index in [1.54, 1.807) is 0 Å². The van der Waals surface area contributed by atoms with Gasteiger partial charge in [0, 0.05) is 0 Å². The van der Waals surface area contributed by atoms with Gasteiger partial charge in [0.25, 0.3) is 0 Å². The fourth-order valence-electron chi connectivity index (χ4n) is 2.45. The van der Waals surface area contributed by atoms with Gasteiger partial charge < -0.3 is 0 Å². The van der Waals surface area contributed by atoms with Gasteiger partial charge in [-0.1, -0.05) is 0 Å². The Kier molecular flexibility index (Phi) is 4.75. The molecule has 0 amide bonds. The first kappa shape index (κ1) is 17.6. The Morgan fingerprint density at radius 1 is 0.700 bits per heavy atom. The Hall–Kier alpha value is -0.448. The van der Waals surface area contributed by atoms with Crippen LogP contribution in [0.4, 0.5) is 0 Å². The van der Waals surface area contributed by atoms with E-state index in [-0.39, 0.29) is 16.2 Å². The summed E-state index contributed by atoms with van der Waals surface area (Å²) < 4.78 is 13.0. The number of hydrogen-bond donors (Lipinski definition) is 0. The summed E-state index contributed by atoms with van der Waals surface area (Å²) in [5.74, 6) is 0. The molecular weight excluding hydrogens is 259 g/mol. The molecule has 0 saturated heterocycles. The van der Waals surface area contributed by atoms with Crippen LogP contribution in [0.25, 0.3) is 0 Å². The van der Waals surface area contributed by atoms with Gasteiger partial charge in [-0.15, -0.1) is 0 Å². The summed E-state index contributed by atoms with van der Waals surface area (Å²) in [5.41, 5.74) is 3.99. The van der Waals surface area contributed by atoms with Crippen LogP contribution in [0, 0.1) is 0 Å². The van der Waals surface area contributed by atoms with Gasteiger partial charge >= 0.3 is 131 Å². The van der Waals surface area contributed by atoms with E-state index >= 15 is 0 Å². The Morgan fingerprint density at radius 2 is 1.05 bits per heavy atom. The van der Waals surface area contributed by atoms with Crippen LogP contribution in [0.3, 0.4) is 0 Å². The van der Waals surface area contributed by atoms with Crippen LogP contribution in [-0.4, -0.2) is 15.2 Å². The number of rotatable bonds is 1. The number of hydrogen-bond acceptors (Lipinski definition) is 1. The van der Waals surface area contributed by atoms with E-state index in [1.165, 1.54) is 16.7 Å². The Balaban J connectivity index is 3.80. The first-order valence-corrected chi connectivity index (χ1v) is 8.48. The zero-order valence-electron chi connectivity index (χ0n) is 14.6. The molecule has 0 atom stereocenters. The van der Waals surface area contributed by atoms with Gasteiger partial charge in [0.2, 0.25) is 0 Å². The van der Waals surface area contributed by atoms with E-state index in [0.717, 1.165) is 4.43 Å². The van der Waals surface area contributed by atoms with Gasteiger partial charge in [0.1, 0.15) is 0 Å². The predicted molar refractivity (Wildman–Crippen MR) is 88.6 cm³/mol. The molecule has 0 aromatic heterocycles. The molecule has 0 fully saturated rings. The first-order chi connectivity index (χ1) is 8.78. The van der Waals surface area contributed by atoms with Crippen LogP contribution in [-0.2, 0) is 20.0 Å². The molecule has 20 heavy (non-hydrogen) atoms. The summed E-state index contributed by atoms with van der Waals surface area (Å²) >= 11 is -0.916. The zero-order chi connectivity index (χ0) is 15.9. The summed E-state index contributed by atoms with van der Waals surface area (Å²) in [6.07, 6.45) is 0. The van der Waals surface area contributed by atoms with Gasteiger partial charge in [-0.05, 0) is 0 Å². The topological polar surface area (TPSA) is 17.1 Å². The third-order valence-electron chi connectivity index (χ3n) is 3.78. The molecule has 0 heterocycles. The molecule has 110 valence electrons. The molecule has 0 spiro atoms. The van der Waals surface area contributed by atoms with Crippen LogP contribution in [0.1, 0.15) is 79.0 Å². The molecule has 0 aliphatic rings. The van der Waals surface area contributed by atoms with Crippen molar-refractivity contribution in [3.05, 3.63) is 28.8 Å². The van der Waals surface area contributed by atoms with Crippen molar-refractivity contribution < 1.29 is 3.80 Å². The Labute approximate surface area is 131 Å². The second-order valence-electron chi connectivity index (χ2n) is 8.85. The molecular formula is C18H29AlO. The zero-order valence-corrected chi connectivity index (χ0v) is 15.8. The molecule has 0 aliphatic heterocycles. The average molecular weight is 288 g/mol. The van der Waals surface area contributed by atoms with E-state index in [1.807, 2.05) is 0 Å². The maximum absolute atomic E-state index is 11.9. The van der Waals surface area contributed by atoms with Crippen LogP contribution < -0.4 is 4.43 Å². The van der Waals surface area contributed by atoms with Gasteiger partial charge in [-0.25, -0.2) is 0 Å². The van der Waals surface area contributed by atoms with Gasteiger partial charge in [-0.3, -0.25) is 0 Å². The maximum atomic E-state index is 11.9. The third kappa shape index (κ3) is 3.80. The second kappa shape index (κ2) is 5.39. The third-order valence-corrected chi connectivity index (χ3v) is 4.64. The normalized spacial score (nSPS) is 13.2. The summed E-state index contributed by atoms with van der Waals surface area (Å²) in [5, 5.41) is 0. The van der Waals surface area contributed by atoms with Crippen molar-refractivity contribution in [1.82, 2.24) is 0 Å². The fourth-order valence-corrected chi connectivity index (χ4v) is 3.74. The van der Waals surface area contributed by atoms with Crippen molar-refractivity contribution in [2.45, 2.75) is 78.6 Å². The van der Waals surface area contributed by atoms with E-state index in [4.69, 9.17) is 0 Å². The first-order valence-electron chi connectivity index (χ1n) is 7.43. The molecule has 1 rings (SSSR count). The quantitative estimate of drug-likeness (QED) is 0.706. The van der Waals surface area contributed by atoms with E-state index in [2.05, 4.69) is 74.4 Å². The molecule has 2 heteroatoms. The summed E-state index contributed by atoms with van der Waals surface area (Å²) in [6, 6.07) is 4.55. The van der Waals surface area contributed by atoms with Crippen molar-refractivity contribution in [2.75, 3.05) is 0 Å². The van der Waals surface area contributed by atoms with Gasteiger partial charge in [-0.2, -0.15) is 0 Å². The van der Waals surface area contributed by atoms with Crippen molar-refractivity contribution in [3.8, 4) is 0 Å². The minimum absolute atomic E-state index is 0.0218. The minimum atomic E-state index is -0.916. The summed E-state index contributed by atoms with van der Waals surface area (Å²) in [4.78, 5) is 0. The Morgan fingerprint density at radius 3 is 1.25 bits per heavy atom. The molecule has 0 aliphatic carbocycles. The van der Waals surface area contributed by atoms with Crippen LogP contribution in [0.2, 0.25) is 0 Å². The van der Waals surface area contributed by atoms with Gasteiger partial charge in [0.15, 0.2) is 0 Å². The molecule has 0 bridgehead atoms. The predicted octanol–water partition coefficient (Wildman–Crippen LogP) is 4.25. The Bertz CT molecular complexity index is 473. The summed E-state index contributed by atoms with van der Waals surface area (Å²) in [6.45, 7) is 20.0. The monoisotopic (exact) mass is 288 g/mol. The average Bonchev–Trinajstić information content (AvgIpc) is 2.23. The standard InChI is InChI=1S/C18H29.Al.O/c1-16(2,3)13-10-14(17(4,5)6)12-15(11-13)18(7,8)9;;/h10-11H,1-9H3;;. The molecule has 0 saturated carbocycles. The molecule has 0 radical (unpaired) electrons. The molecule has 1 nitrogen and oxygen atoms in total. The molecule has 0 N–H and O–H groups in total. The van der Waals surface area contributed by atoms with Gasteiger partial charge in [0.05, 0.1) is 0 Å². The van der Waals surface area contributed by atoms with Crippen molar-refractivity contribution >= 4 is 19.6 Å². The van der Waals surface area contributed by atoms with Crippen molar-refractivity contribution in [2.24, 2.45) is 0 Å². The molecule has 0 unspecified atom stereocenters. The van der Waals surface area contributed by atoms with Crippen LogP contribution in [0.5, 0.6) is 0 Å². The van der Waals surface area contributed by atoms with Crippen LogP contribution in [0.15, 0.2) is 12.1 Å². The molecule has 1 aromatic rings. The van der Waals surface area contributed by atoms with E-state index in [0.29, 0.717) is 0 Å². The SMILES string of the molecule is CC(C)(C)c1cc(C(C)(C)C)[c]([Al]=[O])c(C(C)(C)C)c1. The summed E-state index contributed by atoms with van der Waals surface area (Å²) in [7, 11) is 0. The van der Waals surface area contributed by atoms with Crippen molar-refractivity contribution in [1.29, 1.82) is 0 Å². The fraction of sp³-hybridized carbons (Fsp3) is 0.667.